The third kappa shape index (κ3) is 4.15. The van der Waals surface area contributed by atoms with E-state index in [1.165, 1.54) is 17.7 Å². The number of rotatable bonds is 7. The van der Waals surface area contributed by atoms with Gasteiger partial charge in [0.05, 0.1) is 0 Å². The number of thiophene rings is 1. The van der Waals surface area contributed by atoms with Gasteiger partial charge in [0.25, 0.3) is 0 Å². The Labute approximate surface area is 108 Å². The second-order valence-electron chi connectivity index (χ2n) is 4.86. The van der Waals surface area contributed by atoms with Gasteiger partial charge in [-0.2, -0.15) is 0 Å². The van der Waals surface area contributed by atoms with Gasteiger partial charge >= 0.3 is 0 Å². The molecular formula is C14H21NOS. The van der Waals surface area contributed by atoms with Gasteiger partial charge in [-0.1, -0.05) is 13.0 Å². The van der Waals surface area contributed by atoms with Crippen LogP contribution in [0.2, 0.25) is 0 Å². The minimum atomic E-state index is 0.340. The van der Waals surface area contributed by atoms with Crippen LogP contribution in [0, 0.1) is 5.92 Å². The normalized spacial score (nSPS) is 14.9. The lowest BCUT2D eigenvalue weighted by molar-refractivity contribution is -0.131. The number of nitrogens with zero attached hydrogens (tertiary/aromatic N) is 1. The Hall–Kier alpha value is -0.830. The Morgan fingerprint density at radius 1 is 1.53 bits per heavy atom. The molecule has 0 aromatic carbocycles. The molecule has 0 bridgehead atoms. The predicted octanol–water partition coefficient (Wildman–Crippen LogP) is 3.33. The molecule has 1 saturated carbocycles. The average molecular weight is 251 g/mol. The summed E-state index contributed by atoms with van der Waals surface area (Å²) < 4.78 is 0. The summed E-state index contributed by atoms with van der Waals surface area (Å²) in [5.74, 6) is 1.14. The molecule has 1 aliphatic rings. The molecule has 1 aromatic heterocycles. The lowest BCUT2D eigenvalue weighted by Crippen LogP contribution is -2.33. The number of hydrogen-bond donors (Lipinski definition) is 0. The van der Waals surface area contributed by atoms with Crippen LogP contribution >= 0.6 is 11.3 Å². The van der Waals surface area contributed by atoms with Gasteiger partial charge in [-0.15, -0.1) is 11.3 Å². The van der Waals surface area contributed by atoms with Crippen molar-refractivity contribution in [3.63, 3.8) is 0 Å². The molecule has 1 aromatic rings. The summed E-state index contributed by atoms with van der Waals surface area (Å²) in [5, 5.41) is 2.08. The monoisotopic (exact) mass is 251 g/mol. The minimum absolute atomic E-state index is 0.340. The molecule has 1 aliphatic carbocycles. The third-order valence-corrected chi connectivity index (χ3v) is 4.12. The first-order chi connectivity index (χ1) is 8.29. The minimum Gasteiger partial charge on any atom is -0.342 e. The third-order valence-electron chi connectivity index (χ3n) is 3.19. The van der Waals surface area contributed by atoms with Crippen LogP contribution in [0.25, 0.3) is 0 Å². The van der Waals surface area contributed by atoms with E-state index in [2.05, 4.69) is 29.3 Å². The van der Waals surface area contributed by atoms with Crippen molar-refractivity contribution in [3.05, 3.63) is 22.4 Å². The zero-order chi connectivity index (χ0) is 12.1. The molecule has 0 atom stereocenters. The Morgan fingerprint density at radius 2 is 2.35 bits per heavy atom. The maximum absolute atomic E-state index is 12.1. The van der Waals surface area contributed by atoms with Gasteiger partial charge in [-0.25, -0.2) is 0 Å². The Morgan fingerprint density at radius 3 is 2.94 bits per heavy atom. The zero-order valence-corrected chi connectivity index (χ0v) is 11.3. The van der Waals surface area contributed by atoms with Gasteiger partial charge in [0.2, 0.25) is 5.91 Å². The summed E-state index contributed by atoms with van der Waals surface area (Å²) in [6.45, 7) is 4.07. The van der Waals surface area contributed by atoms with E-state index in [4.69, 9.17) is 0 Å². The molecule has 3 heteroatoms. The number of hydrogen-bond acceptors (Lipinski definition) is 2. The maximum Gasteiger partial charge on any atom is 0.222 e. The highest BCUT2D eigenvalue weighted by Crippen LogP contribution is 2.30. The molecule has 1 fully saturated rings. The Kier molecular flexibility index (Phi) is 4.60. The van der Waals surface area contributed by atoms with Gasteiger partial charge in [-0.3, -0.25) is 4.79 Å². The molecule has 1 heterocycles. The molecule has 0 saturated heterocycles. The predicted molar refractivity (Wildman–Crippen MR) is 72.2 cm³/mol. The molecule has 17 heavy (non-hydrogen) atoms. The summed E-state index contributed by atoms with van der Waals surface area (Å²) in [6, 6.07) is 4.17. The first-order valence-electron chi connectivity index (χ1n) is 6.59. The highest BCUT2D eigenvalue weighted by Gasteiger charge is 2.26. The van der Waals surface area contributed by atoms with Gasteiger partial charge < -0.3 is 4.90 Å². The lowest BCUT2D eigenvalue weighted by Gasteiger charge is -2.21. The largest absolute Gasteiger partial charge is 0.342 e. The van der Waals surface area contributed by atoms with Crippen molar-refractivity contribution in [2.75, 3.05) is 13.1 Å². The summed E-state index contributed by atoms with van der Waals surface area (Å²) in [4.78, 5) is 15.5. The van der Waals surface area contributed by atoms with Crippen molar-refractivity contribution in [2.24, 2.45) is 5.92 Å². The second-order valence-corrected chi connectivity index (χ2v) is 5.89. The van der Waals surface area contributed by atoms with E-state index < -0.39 is 0 Å². The number of amides is 1. The van der Waals surface area contributed by atoms with Crippen LogP contribution in [0.5, 0.6) is 0 Å². The maximum atomic E-state index is 12.1. The van der Waals surface area contributed by atoms with Crippen molar-refractivity contribution >= 4 is 17.2 Å². The van der Waals surface area contributed by atoms with Gasteiger partial charge in [0.1, 0.15) is 0 Å². The molecule has 2 nitrogen and oxygen atoms in total. The number of carbonyl (C=O) groups is 1. The van der Waals surface area contributed by atoms with Crippen molar-refractivity contribution in [1.82, 2.24) is 4.90 Å². The number of aryl methyl sites for hydroxylation is 1. The van der Waals surface area contributed by atoms with E-state index in [1.54, 1.807) is 11.3 Å². The molecule has 0 aliphatic heterocycles. The van der Waals surface area contributed by atoms with Crippen LogP contribution in [0.4, 0.5) is 0 Å². The summed E-state index contributed by atoms with van der Waals surface area (Å²) in [6.07, 6.45) is 5.28. The van der Waals surface area contributed by atoms with Crippen LogP contribution in [-0.2, 0) is 11.2 Å². The number of carbonyl (C=O) groups excluding carboxylic acids is 1. The lowest BCUT2D eigenvalue weighted by atomic mass is 10.2. The highest BCUT2D eigenvalue weighted by molar-refractivity contribution is 7.09. The van der Waals surface area contributed by atoms with Crippen LogP contribution in [0.15, 0.2) is 17.5 Å². The zero-order valence-electron chi connectivity index (χ0n) is 10.5. The van der Waals surface area contributed by atoms with Gasteiger partial charge in [0.15, 0.2) is 0 Å². The van der Waals surface area contributed by atoms with E-state index >= 15 is 0 Å². The van der Waals surface area contributed by atoms with E-state index in [1.807, 2.05) is 0 Å². The summed E-state index contributed by atoms with van der Waals surface area (Å²) >= 11 is 1.75. The summed E-state index contributed by atoms with van der Waals surface area (Å²) in [5.41, 5.74) is 0. The van der Waals surface area contributed by atoms with E-state index in [0.717, 1.165) is 31.8 Å². The van der Waals surface area contributed by atoms with E-state index in [9.17, 15) is 4.79 Å². The van der Waals surface area contributed by atoms with E-state index in [0.29, 0.717) is 12.3 Å². The van der Waals surface area contributed by atoms with Crippen molar-refractivity contribution in [3.8, 4) is 0 Å². The van der Waals surface area contributed by atoms with Gasteiger partial charge in [-0.05, 0) is 43.0 Å². The van der Waals surface area contributed by atoms with Crippen LogP contribution in [-0.4, -0.2) is 23.9 Å². The SMILES string of the molecule is CCCN(CC1CC1)C(=O)CCc1cccs1. The fraction of sp³-hybridized carbons (Fsp3) is 0.643. The van der Waals surface area contributed by atoms with Crippen molar-refractivity contribution < 1.29 is 4.79 Å². The molecule has 94 valence electrons. The van der Waals surface area contributed by atoms with Crippen LogP contribution in [0.1, 0.15) is 37.5 Å². The molecule has 0 N–H and O–H groups in total. The Balaban J connectivity index is 1.78. The molecule has 0 spiro atoms. The highest BCUT2D eigenvalue weighted by atomic mass is 32.1. The van der Waals surface area contributed by atoms with E-state index in [-0.39, 0.29) is 0 Å². The fourth-order valence-electron chi connectivity index (χ4n) is 2.04. The molecule has 2 rings (SSSR count). The summed E-state index contributed by atoms with van der Waals surface area (Å²) in [7, 11) is 0. The van der Waals surface area contributed by atoms with Crippen LogP contribution in [0.3, 0.4) is 0 Å². The topological polar surface area (TPSA) is 20.3 Å². The van der Waals surface area contributed by atoms with Crippen molar-refractivity contribution in [2.45, 2.75) is 39.0 Å². The smallest absolute Gasteiger partial charge is 0.222 e. The first kappa shape index (κ1) is 12.6. The molecule has 0 unspecified atom stereocenters. The van der Waals surface area contributed by atoms with Crippen molar-refractivity contribution in [1.29, 1.82) is 0 Å². The Bertz CT molecular complexity index is 343. The average Bonchev–Trinajstić information content (AvgIpc) is 2.99. The molecular weight excluding hydrogens is 230 g/mol. The standard InChI is InChI=1S/C14H21NOS/c1-2-9-15(11-12-5-6-12)14(16)8-7-13-4-3-10-17-13/h3-4,10,12H,2,5-9,11H2,1H3. The quantitative estimate of drug-likeness (QED) is 0.728. The van der Waals surface area contributed by atoms with Gasteiger partial charge in [0, 0.05) is 24.4 Å². The second kappa shape index (κ2) is 6.20. The molecule has 1 amide bonds. The fourth-order valence-corrected chi connectivity index (χ4v) is 2.75. The molecule has 0 radical (unpaired) electrons. The van der Waals surface area contributed by atoms with Crippen LogP contribution < -0.4 is 0 Å². The first-order valence-corrected chi connectivity index (χ1v) is 7.47.